The molecule has 0 amide bonds. The summed E-state index contributed by atoms with van der Waals surface area (Å²) in [7, 11) is 1.62. The average molecular weight is 272 g/mol. The van der Waals surface area contributed by atoms with Crippen molar-refractivity contribution in [3.05, 3.63) is 50.7 Å². The van der Waals surface area contributed by atoms with Crippen LogP contribution in [-0.4, -0.2) is 12.1 Å². The third kappa shape index (κ3) is 3.03. The molecule has 0 spiro atoms. The molecule has 2 aromatic rings. The molecule has 2 rings (SSSR count). The molecule has 0 atom stereocenters. The maximum atomic E-state index is 13.6. The van der Waals surface area contributed by atoms with Gasteiger partial charge in [-0.3, -0.25) is 0 Å². The predicted molar refractivity (Wildman–Crippen MR) is 67.0 cm³/mol. The van der Waals surface area contributed by atoms with Gasteiger partial charge in [-0.25, -0.2) is 9.37 Å². The number of nitrogens with zero attached hydrogens (tertiary/aromatic N) is 1. The summed E-state index contributed by atoms with van der Waals surface area (Å²) in [6, 6.07) is 4.69. The van der Waals surface area contributed by atoms with Crippen molar-refractivity contribution >= 4 is 22.9 Å². The molecule has 5 heteroatoms. The average Bonchev–Trinajstić information content (AvgIpc) is 2.72. The lowest BCUT2D eigenvalue weighted by atomic mass is 10.1. The molecule has 0 unspecified atom stereocenters. The molecule has 0 saturated heterocycles. The van der Waals surface area contributed by atoms with Crippen LogP contribution in [0.2, 0.25) is 5.02 Å². The van der Waals surface area contributed by atoms with Crippen molar-refractivity contribution in [3.63, 3.8) is 0 Å². The maximum Gasteiger partial charge on any atom is 0.128 e. The fraction of sp³-hybridized carbons (Fsp3) is 0.250. The number of rotatable bonds is 4. The molecule has 1 aromatic carbocycles. The predicted octanol–water partition coefficient (Wildman–Crippen LogP) is 3.67. The molecule has 0 saturated carbocycles. The van der Waals surface area contributed by atoms with E-state index in [-0.39, 0.29) is 5.82 Å². The standard InChI is InChI=1S/C12H11ClFNOS/c1-16-6-8-7-17-12(15-8)5-9-10(13)3-2-4-11(9)14/h2-4,7H,5-6H2,1H3. The molecule has 0 aliphatic carbocycles. The van der Waals surface area contributed by atoms with Crippen LogP contribution in [0.5, 0.6) is 0 Å². The van der Waals surface area contributed by atoms with Gasteiger partial charge >= 0.3 is 0 Å². The third-order valence-electron chi connectivity index (χ3n) is 2.28. The van der Waals surface area contributed by atoms with Crippen LogP contribution in [0.1, 0.15) is 16.3 Å². The molecule has 90 valence electrons. The molecule has 0 bridgehead atoms. The van der Waals surface area contributed by atoms with E-state index in [1.165, 1.54) is 17.4 Å². The van der Waals surface area contributed by atoms with Crippen LogP contribution in [0, 0.1) is 5.82 Å². The smallest absolute Gasteiger partial charge is 0.128 e. The molecular formula is C12H11ClFNOS. The Morgan fingerprint density at radius 3 is 3.00 bits per heavy atom. The lowest BCUT2D eigenvalue weighted by Crippen LogP contribution is -1.94. The highest BCUT2D eigenvalue weighted by Crippen LogP contribution is 2.23. The van der Waals surface area contributed by atoms with E-state index in [2.05, 4.69) is 4.98 Å². The Labute approximate surface area is 108 Å². The first-order valence-electron chi connectivity index (χ1n) is 5.06. The number of aromatic nitrogens is 1. The molecule has 1 heterocycles. The highest BCUT2D eigenvalue weighted by Gasteiger charge is 2.10. The second-order valence-electron chi connectivity index (χ2n) is 3.54. The molecule has 1 aromatic heterocycles. The van der Waals surface area contributed by atoms with Crippen LogP contribution in [0.25, 0.3) is 0 Å². The van der Waals surface area contributed by atoms with Crippen molar-refractivity contribution < 1.29 is 9.13 Å². The zero-order valence-corrected chi connectivity index (χ0v) is 10.8. The normalized spacial score (nSPS) is 10.8. The molecule has 0 N–H and O–H groups in total. The number of methoxy groups -OCH3 is 1. The minimum absolute atomic E-state index is 0.291. The molecule has 0 radical (unpaired) electrons. The highest BCUT2D eigenvalue weighted by molar-refractivity contribution is 7.09. The van der Waals surface area contributed by atoms with Crippen molar-refractivity contribution in [2.24, 2.45) is 0 Å². The van der Waals surface area contributed by atoms with Crippen LogP contribution in [-0.2, 0) is 17.8 Å². The van der Waals surface area contributed by atoms with E-state index in [0.717, 1.165) is 10.7 Å². The molecule has 0 aliphatic heterocycles. The Kier molecular flexibility index (Phi) is 4.10. The van der Waals surface area contributed by atoms with E-state index >= 15 is 0 Å². The van der Waals surface area contributed by atoms with Crippen LogP contribution in [0.3, 0.4) is 0 Å². The zero-order valence-electron chi connectivity index (χ0n) is 9.24. The minimum Gasteiger partial charge on any atom is -0.378 e. The Hall–Kier alpha value is -0.970. The number of hydrogen-bond acceptors (Lipinski definition) is 3. The van der Waals surface area contributed by atoms with E-state index in [0.29, 0.717) is 23.6 Å². The summed E-state index contributed by atoms with van der Waals surface area (Å²) >= 11 is 7.44. The monoisotopic (exact) mass is 271 g/mol. The van der Waals surface area contributed by atoms with Gasteiger partial charge in [-0.2, -0.15) is 0 Å². The molecule has 0 fully saturated rings. The van der Waals surface area contributed by atoms with Gasteiger partial charge in [0.05, 0.1) is 17.3 Å². The quantitative estimate of drug-likeness (QED) is 0.846. The van der Waals surface area contributed by atoms with Crippen LogP contribution >= 0.6 is 22.9 Å². The van der Waals surface area contributed by atoms with Gasteiger partial charge in [0, 0.05) is 29.5 Å². The Balaban J connectivity index is 2.19. The van der Waals surface area contributed by atoms with E-state index < -0.39 is 0 Å². The van der Waals surface area contributed by atoms with Gasteiger partial charge in [-0.15, -0.1) is 11.3 Å². The van der Waals surface area contributed by atoms with Gasteiger partial charge in [0.25, 0.3) is 0 Å². The van der Waals surface area contributed by atoms with Crippen molar-refractivity contribution in [2.75, 3.05) is 7.11 Å². The largest absolute Gasteiger partial charge is 0.378 e. The fourth-order valence-electron chi connectivity index (χ4n) is 1.50. The van der Waals surface area contributed by atoms with Gasteiger partial charge in [0.15, 0.2) is 0 Å². The van der Waals surface area contributed by atoms with E-state index in [1.54, 1.807) is 19.2 Å². The van der Waals surface area contributed by atoms with Crippen molar-refractivity contribution in [1.29, 1.82) is 0 Å². The molecule has 17 heavy (non-hydrogen) atoms. The first kappa shape index (κ1) is 12.5. The van der Waals surface area contributed by atoms with E-state index in [4.69, 9.17) is 16.3 Å². The summed E-state index contributed by atoms with van der Waals surface area (Å²) in [4.78, 5) is 4.35. The maximum absolute atomic E-state index is 13.6. The lowest BCUT2D eigenvalue weighted by molar-refractivity contribution is 0.182. The topological polar surface area (TPSA) is 22.1 Å². The molecule has 0 aliphatic rings. The second kappa shape index (κ2) is 5.58. The van der Waals surface area contributed by atoms with Crippen LogP contribution < -0.4 is 0 Å². The number of thiazole rings is 1. The highest BCUT2D eigenvalue weighted by atomic mass is 35.5. The Morgan fingerprint density at radius 1 is 1.47 bits per heavy atom. The summed E-state index contributed by atoms with van der Waals surface area (Å²) in [5, 5.41) is 3.19. The first-order chi connectivity index (χ1) is 8.20. The summed E-state index contributed by atoms with van der Waals surface area (Å²) in [6.45, 7) is 0.474. The Morgan fingerprint density at radius 2 is 2.29 bits per heavy atom. The third-order valence-corrected chi connectivity index (χ3v) is 3.53. The second-order valence-corrected chi connectivity index (χ2v) is 4.89. The fourth-order valence-corrected chi connectivity index (χ4v) is 2.52. The number of benzene rings is 1. The van der Waals surface area contributed by atoms with Gasteiger partial charge in [-0.1, -0.05) is 17.7 Å². The summed E-state index contributed by atoms with van der Waals surface area (Å²) < 4.78 is 18.5. The number of halogens is 2. The van der Waals surface area contributed by atoms with Crippen molar-refractivity contribution in [1.82, 2.24) is 4.98 Å². The van der Waals surface area contributed by atoms with Crippen LogP contribution in [0.15, 0.2) is 23.6 Å². The zero-order chi connectivity index (χ0) is 12.3. The van der Waals surface area contributed by atoms with Gasteiger partial charge in [0.1, 0.15) is 5.82 Å². The summed E-state index contributed by atoms with van der Waals surface area (Å²) in [6.07, 6.45) is 0.417. The van der Waals surface area contributed by atoms with E-state index in [9.17, 15) is 4.39 Å². The number of hydrogen-bond donors (Lipinski definition) is 0. The molecule has 2 nitrogen and oxygen atoms in total. The summed E-state index contributed by atoms with van der Waals surface area (Å²) in [5.41, 5.74) is 1.35. The first-order valence-corrected chi connectivity index (χ1v) is 6.31. The van der Waals surface area contributed by atoms with Crippen LogP contribution in [0.4, 0.5) is 4.39 Å². The minimum atomic E-state index is -0.291. The molecular weight excluding hydrogens is 261 g/mol. The van der Waals surface area contributed by atoms with E-state index in [1.807, 2.05) is 5.38 Å². The van der Waals surface area contributed by atoms with Crippen molar-refractivity contribution in [2.45, 2.75) is 13.0 Å². The SMILES string of the molecule is COCc1csc(Cc2c(F)cccc2Cl)n1. The van der Waals surface area contributed by atoms with Gasteiger partial charge < -0.3 is 4.74 Å². The van der Waals surface area contributed by atoms with Gasteiger partial charge in [-0.05, 0) is 12.1 Å². The Bertz CT molecular complexity index is 495. The van der Waals surface area contributed by atoms with Gasteiger partial charge in [0.2, 0.25) is 0 Å². The summed E-state index contributed by atoms with van der Waals surface area (Å²) in [5.74, 6) is -0.291. The number of ether oxygens (including phenoxy) is 1. The van der Waals surface area contributed by atoms with Crippen molar-refractivity contribution in [3.8, 4) is 0 Å². The lowest BCUT2D eigenvalue weighted by Gasteiger charge is -2.02.